The van der Waals surface area contributed by atoms with Crippen molar-refractivity contribution in [1.82, 2.24) is 5.48 Å². The van der Waals surface area contributed by atoms with Crippen molar-refractivity contribution < 1.29 is 9.57 Å². The van der Waals surface area contributed by atoms with Crippen LogP contribution in [-0.4, -0.2) is 19.4 Å². The SMILES string of the molecule is CCCCNOC(CCC)OCC. The molecule has 0 aromatic heterocycles. The fourth-order valence-corrected chi connectivity index (χ4v) is 0.999. The predicted octanol–water partition coefficient (Wildman–Crippen LogP) is 2.47. The Kier molecular flexibility index (Phi) is 9.87. The highest BCUT2D eigenvalue weighted by Gasteiger charge is 2.06. The number of unbranched alkanes of at least 4 members (excludes halogenated alkanes) is 1. The summed E-state index contributed by atoms with van der Waals surface area (Å²) in [6.45, 7) is 7.89. The lowest BCUT2D eigenvalue weighted by Gasteiger charge is -2.16. The molecule has 13 heavy (non-hydrogen) atoms. The standard InChI is InChI=1S/C10H23NO2/c1-4-7-9-11-13-10(8-5-2)12-6-3/h10-11H,4-9H2,1-3H3. The molecule has 3 nitrogen and oxygen atoms in total. The van der Waals surface area contributed by atoms with Gasteiger partial charge in [0.1, 0.15) is 0 Å². The van der Waals surface area contributed by atoms with Crippen molar-refractivity contribution in [3.05, 3.63) is 0 Å². The van der Waals surface area contributed by atoms with Gasteiger partial charge in [0, 0.05) is 13.2 Å². The Labute approximate surface area is 81.8 Å². The van der Waals surface area contributed by atoms with E-state index in [-0.39, 0.29) is 6.29 Å². The fraction of sp³-hybridized carbons (Fsp3) is 1.00. The van der Waals surface area contributed by atoms with Gasteiger partial charge >= 0.3 is 0 Å². The number of ether oxygens (including phenoxy) is 1. The van der Waals surface area contributed by atoms with Crippen LogP contribution >= 0.6 is 0 Å². The van der Waals surface area contributed by atoms with E-state index in [2.05, 4.69) is 19.3 Å². The first kappa shape index (κ1) is 12.9. The molecule has 80 valence electrons. The van der Waals surface area contributed by atoms with Crippen molar-refractivity contribution in [1.29, 1.82) is 0 Å². The van der Waals surface area contributed by atoms with Gasteiger partial charge in [-0.3, -0.25) is 4.84 Å². The van der Waals surface area contributed by atoms with Crippen LogP contribution in [0.4, 0.5) is 0 Å². The van der Waals surface area contributed by atoms with Gasteiger partial charge in [0.15, 0.2) is 6.29 Å². The van der Waals surface area contributed by atoms with E-state index in [0.29, 0.717) is 6.61 Å². The molecule has 0 saturated carbocycles. The summed E-state index contributed by atoms with van der Waals surface area (Å²) in [6.07, 6.45) is 4.29. The van der Waals surface area contributed by atoms with Crippen molar-refractivity contribution >= 4 is 0 Å². The van der Waals surface area contributed by atoms with Crippen LogP contribution in [0.15, 0.2) is 0 Å². The third-order valence-electron chi connectivity index (χ3n) is 1.72. The Bertz CT molecular complexity index is 92.9. The molecular weight excluding hydrogens is 166 g/mol. The van der Waals surface area contributed by atoms with Gasteiger partial charge in [-0.15, -0.1) is 0 Å². The normalized spacial score (nSPS) is 13.2. The maximum atomic E-state index is 5.38. The van der Waals surface area contributed by atoms with Crippen molar-refractivity contribution in [2.75, 3.05) is 13.2 Å². The van der Waals surface area contributed by atoms with Gasteiger partial charge in [0.05, 0.1) is 0 Å². The van der Waals surface area contributed by atoms with E-state index >= 15 is 0 Å². The van der Waals surface area contributed by atoms with Gasteiger partial charge in [-0.05, 0) is 19.8 Å². The molecule has 1 unspecified atom stereocenters. The van der Waals surface area contributed by atoms with Crippen LogP contribution in [0.3, 0.4) is 0 Å². The number of rotatable bonds is 9. The molecule has 0 aromatic carbocycles. The van der Waals surface area contributed by atoms with E-state index in [9.17, 15) is 0 Å². The number of hydrogen-bond donors (Lipinski definition) is 1. The zero-order valence-corrected chi connectivity index (χ0v) is 9.14. The van der Waals surface area contributed by atoms with E-state index < -0.39 is 0 Å². The van der Waals surface area contributed by atoms with Crippen LogP contribution in [0.1, 0.15) is 46.5 Å². The third-order valence-corrected chi connectivity index (χ3v) is 1.72. The molecule has 1 N–H and O–H groups in total. The Morgan fingerprint density at radius 2 is 1.92 bits per heavy atom. The van der Waals surface area contributed by atoms with E-state index in [1.807, 2.05) is 6.92 Å². The second-order valence-corrected chi connectivity index (χ2v) is 3.04. The van der Waals surface area contributed by atoms with Gasteiger partial charge in [-0.2, -0.15) is 5.48 Å². The topological polar surface area (TPSA) is 30.5 Å². The summed E-state index contributed by atoms with van der Waals surface area (Å²) < 4.78 is 5.38. The van der Waals surface area contributed by atoms with E-state index in [1.54, 1.807) is 0 Å². The van der Waals surface area contributed by atoms with Gasteiger partial charge in [-0.1, -0.05) is 26.7 Å². The van der Waals surface area contributed by atoms with E-state index in [0.717, 1.165) is 25.8 Å². The molecule has 0 bridgehead atoms. The summed E-state index contributed by atoms with van der Waals surface area (Å²) in [4.78, 5) is 5.35. The molecular formula is C10H23NO2. The highest BCUT2D eigenvalue weighted by molar-refractivity contribution is 4.42. The average Bonchev–Trinajstić information content (AvgIpc) is 2.13. The zero-order chi connectivity index (χ0) is 9.94. The van der Waals surface area contributed by atoms with Crippen LogP contribution < -0.4 is 5.48 Å². The summed E-state index contributed by atoms with van der Waals surface area (Å²) in [5.41, 5.74) is 2.93. The third kappa shape index (κ3) is 8.22. The largest absolute Gasteiger partial charge is 0.351 e. The van der Waals surface area contributed by atoms with Gasteiger partial charge < -0.3 is 4.74 Å². The van der Waals surface area contributed by atoms with Crippen LogP contribution in [-0.2, 0) is 9.57 Å². The van der Waals surface area contributed by atoms with Crippen LogP contribution in [0.5, 0.6) is 0 Å². The van der Waals surface area contributed by atoms with Gasteiger partial charge in [0.2, 0.25) is 0 Å². The predicted molar refractivity (Wildman–Crippen MR) is 54.3 cm³/mol. The van der Waals surface area contributed by atoms with Crippen molar-refractivity contribution in [3.63, 3.8) is 0 Å². The van der Waals surface area contributed by atoms with Crippen molar-refractivity contribution in [2.45, 2.75) is 52.7 Å². The average molecular weight is 189 g/mol. The van der Waals surface area contributed by atoms with Crippen LogP contribution in [0.25, 0.3) is 0 Å². The molecule has 3 heteroatoms. The van der Waals surface area contributed by atoms with Gasteiger partial charge in [-0.25, -0.2) is 0 Å². The molecule has 0 radical (unpaired) electrons. The monoisotopic (exact) mass is 189 g/mol. The second-order valence-electron chi connectivity index (χ2n) is 3.04. The summed E-state index contributed by atoms with van der Waals surface area (Å²) in [7, 11) is 0. The molecule has 0 fully saturated rings. The minimum absolute atomic E-state index is 0.0770. The molecule has 0 rings (SSSR count). The van der Waals surface area contributed by atoms with Crippen molar-refractivity contribution in [2.24, 2.45) is 0 Å². The first-order valence-corrected chi connectivity index (χ1v) is 5.35. The van der Waals surface area contributed by atoms with Crippen LogP contribution in [0, 0.1) is 0 Å². The minimum Gasteiger partial charge on any atom is -0.351 e. The van der Waals surface area contributed by atoms with E-state index in [1.165, 1.54) is 6.42 Å². The highest BCUT2D eigenvalue weighted by Crippen LogP contribution is 2.02. The summed E-state index contributed by atoms with van der Waals surface area (Å²) in [6, 6.07) is 0. The summed E-state index contributed by atoms with van der Waals surface area (Å²) in [5, 5.41) is 0. The lowest BCUT2D eigenvalue weighted by Crippen LogP contribution is -2.27. The lowest BCUT2D eigenvalue weighted by molar-refractivity contribution is -0.180. The molecule has 0 saturated heterocycles. The van der Waals surface area contributed by atoms with Gasteiger partial charge in [0.25, 0.3) is 0 Å². The Morgan fingerprint density at radius 3 is 2.46 bits per heavy atom. The first-order valence-electron chi connectivity index (χ1n) is 5.35. The molecule has 0 aliphatic rings. The number of hydrogen-bond acceptors (Lipinski definition) is 3. The second kappa shape index (κ2) is 9.96. The summed E-state index contributed by atoms with van der Waals surface area (Å²) >= 11 is 0. The minimum atomic E-state index is -0.0770. The fourth-order valence-electron chi connectivity index (χ4n) is 0.999. The number of hydroxylamine groups is 1. The smallest absolute Gasteiger partial charge is 0.177 e. The Balaban J connectivity index is 3.33. The molecule has 0 heterocycles. The Morgan fingerprint density at radius 1 is 1.15 bits per heavy atom. The molecule has 0 aromatic rings. The number of nitrogens with one attached hydrogen (secondary N) is 1. The molecule has 0 spiro atoms. The molecule has 1 atom stereocenters. The van der Waals surface area contributed by atoms with Crippen molar-refractivity contribution in [3.8, 4) is 0 Å². The molecule has 0 amide bonds. The maximum absolute atomic E-state index is 5.38. The first-order chi connectivity index (χ1) is 6.35. The lowest BCUT2D eigenvalue weighted by atomic mass is 10.3. The zero-order valence-electron chi connectivity index (χ0n) is 9.14. The van der Waals surface area contributed by atoms with E-state index in [4.69, 9.17) is 9.57 Å². The molecule has 0 aliphatic heterocycles. The van der Waals surface area contributed by atoms with Crippen LogP contribution in [0.2, 0.25) is 0 Å². The summed E-state index contributed by atoms with van der Waals surface area (Å²) in [5.74, 6) is 0. The molecule has 0 aliphatic carbocycles. The highest BCUT2D eigenvalue weighted by atomic mass is 16.8. The Hall–Kier alpha value is -0.120. The quantitative estimate of drug-likeness (QED) is 0.343. The maximum Gasteiger partial charge on any atom is 0.177 e.